The summed E-state index contributed by atoms with van der Waals surface area (Å²) in [4.78, 5) is 16.2. The van der Waals surface area contributed by atoms with Gasteiger partial charge < -0.3 is 5.32 Å². The second-order valence-electron chi connectivity index (χ2n) is 5.11. The number of carbonyl (C=O) groups is 1. The minimum absolute atomic E-state index is 0.204. The molecule has 0 fully saturated rings. The van der Waals surface area contributed by atoms with Crippen molar-refractivity contribution >= 4 is 15.9 Å². The molecule has 0 saturated heterocycles. The molecule has 1 aromatic rings. The summed E-state index contributed by atoms with van der Waals surface area (Å²) >= 11 is 0. The molecule has 20 heavy (non-hydrogen) atoms. The molecule has 0 saturated carbocycles. The van der Waals surface area contributed by atoms with Gasteiger partial charge in [0.1, 0.15) is 6.04 Å². The maximum absolute atomic E-state index is 12.1. The van der Waals surface area contributed by atoms with Crippen LogP contribution in [0.4, 0.5) is 0 Å². The summed E-state index contributed by atoms with van der Waals surface area (Å²) in [6.07, 6.45) is 3.13. The zero-order chi connectivity index (χ0) is 15.2. The molecule has 0 spiro atoms. The number of nitrogens with zero attached hydrogens (tertiary/aromatic N) is 1. The fourth-order valence-electron chi connectivity index (χ4n) is 1.74. The summed E-state index contributed by atoms with van der Waals surface area (Å²) in [6, 6.07) is 4.66. The van der Waals surface area contributed by atoms with Crippen LogP contribution < -0.4 is 10.0 Å². The van der Waals surface area contributed by atoms with Crippen molar-refractivity contribution in [2.75, 3.05) is 6.26 Å². The number of sulfonamides is 1. The molecule has 0 unspecified atom stereocenters. The van der Waals surface area contributed by atoms with E-state index in [9.17, 15) is 13.2 Å². The van der Waals surface area contributed by atoms with E-state index in [0.717, 1.165) is 11.9 Å². The quantitative estimate of drug-likeness (QED) is 0.774. The lowest BCUT2D eigenvalue weighted by Gasteiger charge is -2.18. The van der Waals surface area contributed by atoms with E-state index < -0.39 is 16.1 Å². The fourth-order valence-corrected chi connectivity index (χ4v) is 2.46. The Labute approximate surface area is 120 Å². The van der Waals surface area contributed by atoms with Crippen molar-refractivity contribution in [3.05, 3.63) is 30.1 Å². The molecule has 0 aliphatic carbocycles. The number of carbonyl (C=O) groups excluding carboxylic acids is 1. The monoisotopic (exact) mass is 299 g/mol. The average Bonchev–Trinajstić information content (AvgIpc) is 2.34. The zero-order valence-electron chi connectivity index (χ0n) is 12.0. The molecule has 1 amide bonds. The SMILES string of the molecule is CC(C)C[C@H](NS(C)(=O)=O)C(=O)NCc1ccccn1. The van der Waals surface area contributed by atoms with Crippen LogP contribution in [-0.2, 0) is 21.4 Å². The number of rotatable bonds is 7. The summed E-state index contributed by atoms with van der Waals surface area (Å²) in [5.41, 5.74) is 0.725. The van der Waals surface area contributed by atoms with E-state index in [1.54, 1.807) is 18.3 Å². The predicted molar refractivity (Wildman–Crippen MR) is 77.3 cm³/mol. The molecular weight excluding hydrogens is 278 g/mol. The highest BCUT2D eigenvalue weighted by Crippen LogP contribution is 2.06. The van der Waals surface area contributed by atoms with Gasteiger partial charge in [-0.05, 0) is 24.5 Å². The van der Waals surface area contributed by atoms with Gasteiger partial charge in [0.15, 0.2) is 0 Å². The number of aromatic nitrogens is 1. The Morgan fingerprint density at radius 2 is 2.05 bits per heavy atom. The van der Waals surface area contributed by atoms with E-state index in [-0.39, 0.29) is 18.4 Å². The van der Waals surface area contributed by atoms with Crippen LogP contribution in [0, 0.1) is 5.92 Å². The Morgan fingerprint density at radius 1 is 1.35 bits per heavy atom. The molecule has 1 atom stereocenters. The third-order valence-electron chi connectivity index (χ3n) is 2.55. The first-order valence-electron chi connectivity index (χ1n) is 6.43. The molecule has 2 N–H and O–H groups in total. The Bertz CT molecular complexity index is 529. The number of hydrogen-bond acceptors (Lipinski definition) is 4. The smallest absolute Gasteiger partial charge is 0.238 e. The largest absolute Gasteiger partial charge is 0.349 e. The standard InChI is InChI=1S/C13H21N3O3S/c1-10(2)8-12(16-20(3,18)19)13(17)15-9-11-6-4-5-7-14-11/h4-7,10,12,16H,8-9H2,1-3H3,(H,15,17)/t12-/m0/s1. The number of pyridine rings is 1. The summed E-state index contributed by atoms with van der Waals surface area (Å²) in [7, 11) is -3.42. The highest BCUT2D eigenvalue weighted by Gasteiger charge is 2.22. The average molecular weight is 299 g/mol. The van der Waals surface area contributed by atoms with E-state index in [0.29, 0.717) is 6.42 Å². The lowest BCUT2D eigenvalue weighted by Crippen LogP contribution is -2.46. The lowest BCUT2D eigenvalue weighted by atomic mass is 10.0. The van der Waals surface area contributed by atoms with Gasteiger partial charge >= 0.3 is 0 Å². The van der Waals surface area contributed by atoms with Crippen molar-refractivity contribution in [3.63, 3.8) is 0 Å². The molecule has 0 bridgehead atoms. The van der Waals surface area contributed by atoms with Crippen LogP contribution in [0.3, 0.4) is 0 Å². The third kappa shape index (κ3) is 6.63. The van der Waals surface area contributed by atoms with Gasteiger partial charge in [-0.15, -0.1) is 0 Å². The molecule has 1 heterocycles. The topological polar surface area (TPSA) is 88.2 Å². The van der Waals surface area contributed by atoms with Gasteiger partial charge in [-0.2, -0.15) is 0 Å². The van der Waals surface area contributed by atoms with Crippen molar-refractivity contribution in [3.8, 4) is 0 Å². The van der Waals surface area contributed by atoms with E-state index >= 15 is 0 Å². The summed E-state index contributed by atoms with van der Waals surface area (Å²) < 4.78 is 25.0. The maximum atomic E-state index is 12.1. The third-order valence-corrected chi connectivity index (χ3v) is 3.26. The van der Waals surface area contributed by atoms with Gasteiger partial charge in [0.05, 0.1) is 18.5 Å². The highest BCUT2D eigenvalue weighted by atomic mass is 32.2. The van der Waals surface area contributed by atoms with Crippen LogP contribution in [0.5, 0.6) is 0 Å². The van der Waals surface area contributed by atoms with Crippen molar-refractivity contribution in [2.45, 2.75) is 32.9 Å². The second-order valence-corrected chi connectivity index (χ2v) is 6.89. The molecule has 6 nitrogen and oxygen atoms in total. The van der Waals surface area contributed by atoms with Gasteiger partial charge in [-0.1, -0.05) is 19.9 Å². The number of amides is 1. The Morgan fingerprint density at radius 3 is 2.55 bits per heavy atom. The molecule has 0 aromatic carbocycles. The van der Waals surface area contributed by atoms with Crippen molar-refractivity contribution in [1.82, 2.24) is 15.0 Å². The summed E-state index contributed by atoms with van der Waals surface area (Å²) in [5, 5.41) is 2.70. The highest BCUT2D eigenvalue weighted by molar-refractivity contribution is 7.88. The van der Waals surface area contributed by atoms with E-state index in [4.69, 9.17) is 0 Å². The number of hydrogen-bond donors (Lipinski definition) is 2. The maximum Gasteiger partial charge on any atom is 0.238 e. The molecule has 0 radical (unpaired) electrons. The van der Waals surface area contributed by atoms with Crippen molar-refractivity contribution in [1.29, 1.82) is 0 Å². The van der Waals surface area contributed by atoms with Crippen LogP contribution in [0.15, 0.2) is 24.4 Å². The van der Waals surface area contributed by atoms with Crippen molar-refractivity contribution in [2.24, 2.45) is 5.92 Å². The van der Waals surface area contributed by atoms with Gasteiger partial charge in [-0.25, -0.2) is 13.1 Å². The van der Waals surface area contributed by atoms with Crippen LogP contribution in [0.1, 0.15) is 26.0 Å². The molecule has 1 rings (SSSR count). The first-order chi connectivity index (χ1) is 9.28. The minimum Gasteiger partial charge on any atom is -0.349 e. The minimum atomic E-state index is -3.42. The second kappa shape index (κ2) is 7.35. The van der Waals surface area contributed by atoms with Crippen LogP contribution in [0.2, 0.25) is 0 Å². The van der Waals surface area contributed by atoms with E-state index in [1.807, 2.05) is 19.9 Å². The molecule has 7 heteroatoms. The summed E-state index contributed by atoms with van der Waals surface area (Å²) in [5.74, 6) is -0.135. The predicted octanol–water partition coefficient (Wildman–Crippen LogP) is 0.662. The normalized spacial score (nSPS) is 13.2. The Kier molecular flexibility index (Phi) is 6.09. The van der Waals surface area contributed by atoms with E-state index in [1.165, 1.54) is 0 Å². The van der Waals surface area contributed by atoms with Crippen LogP contribution in [0.25, 0.3) is 0 Å². The van der Waals surface area contributed by atoms with Gasteiger partial charge in [-0.3, -0.25) is 9.78 Å². The van der Waals surface area contributed by atoms with Gasteiger partial charge in [0.25, 0.3) is 0 Å². The first-order valence-corrected chi connectivity index (χ1v) is 8.32. The van der Waals surface area contributed by atoms with E-state index in [2.05, 4.69) is 15.0 Å². The Balaban J connectivity index is 2.63. The zero-order valence-corrected chi connectivity index (χ0v) is 12.8. The summed E-state index contributed by atoms with van der Waals surface area (Å²) in [6.45, 7) is 4.14. The molecule has 1 aromatic heterocycles. The molecular formula is C13H21N3O3S. The molecule has 0 aliphatic rings. The lowest BCUT2D eigenvalue weighted by molar-refractivity contribution is -0.123. The van der Waals surface area contributed by atoms with Gasteiger partial charge in [0.2, 0.25) is 15.9 Å². The van der Waals surface area contributed by atoms with Gasteiger partial charge in [0, 0.05) is 6.20 Å². The Hall–Kier alpha value is -1.47. The first kappa shape index (κ1) is 16.6. The molecule has 0 aliphatic heterocycles. The number of nitrogens with one attached hydrogen (secondary N) is 2. The van der Waals surface area contributed by atoms with Crippen LogP contribution in [-0.4, -0.2) is 31.6 Å². The van der Waals surface area contributed by atoms with Crippen LogP contribution >= 0.6 is 0 Å². The molecule has 112 valence electrons. The fraction of sp³-hybridized carbons (Fsp3) is 0.538. The van der Waals surface area contributed by atoms with Crippen molar-refractivity contribution < 1.29 is 13.2 Å².